The van der Waals surface area contributed by atoms with E-state index in [0.29, 0.717) is 41.7 Å². The van der Waals surface area contributed by atoms with Crippen molar-refractivity contribution in [2.45, 2.75) is 63.6 Å². The molecule has 3 aromatic heterocycles. The number of nitrogens with zero attached hydrogens (tertiary/aromatic N) is 8. The van der Waals surface area contributed by atoms with Gasteiger partial charge < -0.3 is 25.2 Å². The van der Waals surface area contributed by atoms with Crippen molar-refractivity contribution in [1.29, 1.82) is 0 Å². The quantitative estimate of drug-likeness (QED) is 0.163. The number of benzene rings is 2. The second-order valence-corrected chi connectivity index (χ2v) is 18.9. The molecular weight excluding hydrogens is 872 g/mol. The Balaban J connectivity index is 0.741. The Labute approximate surface area is 383 Å². The third kappa shape index (κ3) is 7.02. The van der Waals surface area contributed by atoms with E-state index in [-0.39, 0.29) is 73.3 Å². The van der Waals surface area contributed by atoms with E-state index in [9.17, 15) is 19.2 Å². The summed E-state index contributed by atoms with van der Waals surface area (Å²) < 4.78 is 39.6. The van der Waals surface area contributed by atoms with Crippen LogP contribution < -0.4 is 25.8 Å². The van der Waals surface area contributed by atoms with Gasteiger partial charge in [-0.3, -0.25) is 34.5 Å². The first-order valence-corrected chi connectivity index (χ1v) is 22.8. The molecule has 5 fully saturated rings. The molecule has 5 aromatic rings. The minimum absolute atomic E-state index is 0.0164. The van der Waals surface area contributed by atoms with Gasteiger partial charge in [0.25, 0.3) is 17.7 Å². The number of ether oxygens (including phenoxy) is 1. The number of aromatic nitrogens is 4. The van der Waals surface area contributed by atoms with E-state index in [1.165, 1.54) is 15.9 Å². The number of rotatable bonds is 9. The van der Waals surface area contributed by atoms with E-state index in [1.54, 1.807) is 23.7 Å². The lowest BCUT2D eigenvalue weighted by Gasteiger charge is -2.57. The number of hydrogen-bond donors (Lipinski definition) is 3. The highest BCUT2D eigenvalue weighted by Crippen LogP contribution is 2.51. The summed E-state index contributed by atoms with van der Waals surface area (Å²) >= 11 is 6.52. The summed E-state index contributed by atoms with van der Waals surface area (Å²) in [6.07, 6.45) is 6.36. The lowest BCUT2D eigenvalue weighted by Crippen LogP contribution is -2.70. The van der Waals surface area contributed by atoms with Crippen molar-refractivity contribution in [3.8, 4) is 11.3 Å². The van der Waals surface area contributed by atoms with Gasteiger partial charge >= 0.3 is 6.03 Å². The third-order valence-corrected chi connectivity index (χ3v) is 15.0. The monoisotopic (exact) mass is 919 g/mol. The van der Waals surface area contributed by atoms with E-state index in [0.717, 1.165) is 59.6 Å². The van der Waals surface area contributed by atoms with Crippen LogP contribution in [0.3, 0.4) is 0 Å². The molecule has 16 nitrogen and oxygen atoms in total. The number of amides is 5. The second kappa shape index (κ2) is 16.0. The molecule has 342 valence electrons. The lowest BCUT2D eigenvalue weighted by molar-refractivity contribution is -0.220. The van der Waals surface area contributed by atoms with Crippen LogP contribution in [0.5, 0.6) is 0 Å². The Kier molecular flexibility index (Phi) is 10.3. The number of imide groups is 1. The van der Waals surface area contributed by atoms with Gasteiger partial charge in [0.2, 0.25) is 5.91 Å². The van der Waals surface area contributed by atoms with Crippen LogP contribution >= 0.6 is 11.6 Å². The van der Waals surface area contributed by atoms with Crippen molar-refractivity contribution in [1.82, 2.24) is 40.0 Å². The van der Waals surface area contributed by atoms with Gasteiger partial charge in [-0.05, 0) is 79.5 Å². The van der Waals surface area contributed by atoms with Crippen LogP contribution in [-0.4, -0.2) is 124 Å². The van der Waals surface area contributed by atoms with Crippen LogP contribution in [0, 0.1) is 18.3 Å². The molecule has 5 amide bonds. The molecule has 1 spiro atoms. The molecule has 1 saturated carbocycles. The smallest absolute Gasteiger partial charge is 0.328 e. The highest BCUT2D eigenvalue weighted by Gasteiger charge is 2.63. The van der Waals surface area contributed by atoms with Crippen molar-refractivity contribution >= 4 is 63.9 Å². The Bertz CT molecular complexity index is 2830. The molecular formula is C47H48ClF2N11O5. The number of carbonyl (C=O) groups excluding carboxylic acids is 4. The van der Waals surface area contributed by atoms with Crippen LogP contribution in [0.2, 0.25) is 5.02 Å². The Morgan fingerprint density at radius 3 is 2.58 bits per heavy atom. The summed E-state index contributed by atoms with van der Waals surface area (Å²) in [5.41, 5.74) is 6.14. The molecule has 66 heavy (non-hydrogen) atoms. The summed E-state index contributed by atoms with van der Waals surface area (Å²) in [4.78, 5) is 67.5. The van der Waals surface area contributed by atoms with E-state index < -0.39 is 35.7 Å². The highest BCUT2D eigenvalue weighted by molar-refractivity contribution is 6.35. The molecule has 8 heterocycles. The molecule has 6 aliphatic rings. The van der Waals surface area contributed by atoms with E-state index >= 15 is 8.78 Å². The summed E-state index contributed by atoms with van der Waals surface area (Å²) in [6, 6.07) is 14.4. The molecule has 1 aliphatic carbocycles. The number of imidazole rings is 1. The zero-order valence-corrected chi connectivity index (χ0v) is 37.2. The molecule has 4 saturated heterocycles. The second-order valence-electron chi connectivity index (χ2n) is 18.5. The van der Waals surface area contributed by atoms with Gasteiger partial charge in [0.1, 0.15) is 0 Å². The van der Waals surface area contributed by atoms with E-state index in [4.69, 9.17) is 26.4 Å². The number of pyridine rings is 1. The van der Waals surface area contributed by atoms with E-state index in [2.05, 4.69) is 38.0 Å². The predicted molar refractivity (Wildman–Crippen MR) is 242 cm³/mol. The SMILES string of the molecule is CNc1cc(N2CCc3c(-c4ccc(CN5CC6(CCN(C(=O)c7cc(C)c(Cl)c(N8CCC(=O)NC8=O)c7)CC6(F)F)C5)cn4)cccc32)nn2c(C(=O)NC3C[C@H]4CCO[C@@H]34)cnc12. The van der Waals surface area contributed by atoms with Crippen molar-refractivity contribution in [3.63, 3.8) is 0 Å². The number of aryl methyl sites for hydroxylation is 1. The van der Waals surface area contributed by atoms with Crippen molar-refractivity contribution < 1.29 is 32.7 Å². The fourth-order valence-electron chi connectivity index (χ4n) is 10.8. The number of hydrogen-bond acceptors (Lipinski definition) is 11. The summed E-state index contributed by atoms with van der Waals surface area (Å²) in [7, 11) is 1.82. The summed E-state index contributed by atoms with van der Waals surface area (Å²) in [5.74, 6) is -3.15. The van der Waals surface area contributed by atoms with Crippen molar-refractivity contribution in [2.24, 2.45) is 11.3 Å². The number of anilines is 4. The van der Waals surface area contributed by atoms with Gasteiger partial charge in [0.05, 0.1) is 52.4 Å². The third-order valence-electron chi connectivity index (χ3n) is 14.5. The van der Waals surface area contributed by atoms with Gasteiger partial charge in [0.15, 0.2) is 17.2 Å². The number of urea groups is 1. The Morgan fingerprint density at radius 2 is 1.82 bits per heavy atom. The zero-order valence-electron chi connectivity index (χ0n) is 36.5. The number of halogens is 3. The van der Waals surface area contributed by atoms with Crippen LogP contribution in [-0.2, 0) is 22.5 Å². The molecule has 1 unspecified atom stereocenters. The van der Waals surface area contributed by atoms with Gasteiger partial charge in [-0.25, -0.2) is 23.1 Å². The van der Waals surface area contributed by atoms with Crippen LogP contribution in [0.25, 0.3) is 16.9 Å². The Morgan fingerprint density at radius 1 is 0.985 bits per heavy atom. The molecule has 0 bridgehead atoms. The van der Waals surface area contributed by atoms with Crippen LogP contribution in [0.15, 0.2) is 60.9 Å². The maximum atomic E-state index is 16.1. The highest BCUT2D eigenvalue weighted by atomic mass is 35.5. The first-order valence-electron chi connectivity index (χ1n) is 22.4. The maximum Gasteiger partial charge on any atom is 0.328 e. The molecule has 11 rings (SSSR count). The largest absolute Gasteiger partial charge is 0.385 e. The molecule has 2 aromatic carbocycles. The number of likely N-dealkylation sites (tertiary alicyclic amines) is 2. The van der Waals surface area contributed by atoms with Gasteiger partial charge in [0, 0.05) is 88.4 Å². The van der Waals surface area contributed by atoms with Crippen molar-refractivity contribution in [3.05, 3.63) is 93.9 Å². The molecule has 0 radical (unpaired) electrons. The topological polar surface area (TPSA) is 170 Å². The first kappa shape index (κ1) is 42.4. The van der Waals surface area contributed by atoms with E-state index in [1.807, 2.05) is 42.4 Å². The molecule has 3 N–H and O–H groups in total. The standard InChI is InChI=1S/C47H48ClF2N11O5/c1-26-16-29(18-36(40(26)48)60-13-9-39(62)55-45(60)65)44(64)58-14-11-46(47(49,50)25-58)23-57(24-46)22-27-6-7-32(52-20-27)30-4-3-5-35-31(30)8-12-59(35)38-19-34(51-2)42-53-21-37(61(42)56-38)43(63)54-33-17-28-10-15-66-41(28)33/h3-7,16,18-21,28,33,41,51H,8-15,17,22-25H2,1-2H3,(H,54,63)(H,55,62,65)/t28-,33?,41-/m1/s1. The zero-order chi connectivity index (χ0) is 45.6. The minimum Gasteiger partial charge on any atom is -0.385 e. The summed E-state index contributed by atoms with van der Waals surface area (Å²) in [5, 5.41) is 13.8. The van der Waals surface area contributed by atoms with Gasteiger partial charge in [-0.2, -0.15) is 0 Å². The molecule has 5 aliphatic heterocycles. The lowest BCUT2D eigenvalue weighted by atomic mass is 9.69. The predicted octanol–water partition coefficient (Wildman–Crippen LogP) is 5.83. The fourth-order valence-corrected chi connectivity index (χ4v) is 11.0. The van der Waals surface area contributed by atoms with Gasteiger partial charge in [-0.15, -0.1) is 5.10 Å². The minimum atomic E-state index is -3.13. The number of carbonyl (C=O) groups is 4. The number of alkyl halides is 2. The van der Waals surface area contributed by atoms with Crippen LogP contribution in [0.1, 0.15) is 63.2 Å². The normalized spacial score (nSPS) is 23.0. The first-order chi connectivity index (χ1) is 31.8. The molecule has 19 heteroatoms. The number of nitrogens with one attached hydrogen (secondary N) is 3. The fraction of sp³-hybridized carbons (Fsp3) is 0.426. The maximum absolute atomic E-state index is 16.1. The molecule has 3 atom stereocenters. The average Bonchev–Trinajstić information content (AvgIpc) is 4.03. The Hall–Kier alpha value is -6.24. The number of piperidine rings is 1. The number of fused-ring (bicyclic) bond motifs is 3. The van der Waals surface area contributed by atoms with Gasteiger partial charge in [-0.1, -0.05) is 29.8 Å². The van der Waals surface area contributed by atoms with Crippen molar-refractivity contribution in [2.75, 3.05) is 68.0 Å². The van der Waals surface area contributed by atoms with Crippen LogP contribution in [0.4, 0.5) is 36.5 Å². The summed E-state index contributed by atoms with van der Waals surface area (Å²) in [6.45, 7) is 3.46. The average molecular weight is 920 g/mol.